The standard InChI is InChI=1S/C26H36N2/c1-26(2)23-14-13-22(25(26)17-23)18-27-15-16-28-19-24(20-9-5-3-6-10-20)21-11-7-4-8-12-21/h3-12,22-25,27-28H,13-19H2,1-2H3/t22?,23-,25-/m0/s1. The minimum Gasteiger partial charge on any atom is -0.315 e. The molecule has 3 aliphatic rings. The Balaban J connectivity index is 1.22. The number of benzene rings is 2. The van der Waals surface area contributed by atoms with Gasteiger partial charge in [-0.3, -0.25) is 0 Å². The normalized spacial score (nSPS) is 25.5. The summed E-state index contributed by atoms with van der Waals surface area (Å²) in [6.45, 7) is 9.25. The van der Waals surface area contributed by atoms with Crippen molar-refractivity contribution >= 4 is 0 Å². The molecule has 3 fully saturated rings. The summed E-state index contributed by atoms with van der Waals surface area (Å²) in [5.74, 6) is 3.26. The van der Waals surface area contributed by atoms with Crippen LogP contribution in [0.4, 0.5) is 0 Å². The number of nitrogens with one attached hydrogen (secondary N) is 2. The lowest BCUT2D eigenvalue weighted by molar-refractivity contribution is -0.103. The smallest absolute Gasteiger partial charge is 0.0214 e. The summed E-state index contributed by atoms with van der Waals surface area (Å²) in [4.78, 5) is 0. The Morgan fingerprint density at radius 1 is 0.857 bits per heavy atom. The van der Waals surface area contributed by atoms with Crippen LogP contribution < -0.4 is 10.6 Å². The van der Waals surface area contributed by atoms with Crippen molar-refractivity contribution in [2.24, 2.45) is 23.2 Å². The topological polar surface area (TPSA) is 24.1 Å². The molecule has 0 spiro atoms. The molecular weight excluding hydrogens is 340 g/mol. The monoisotopic (exact) mass is 376 g/mol. The molecule has 2 heteroatoms. The quantitative estimate of drug-likeness (QED) is 0.597. The summed E-state index contributed by atoms with van der Waals surface area (Å²) in [7, 11) is 0. The molecular formula is C26H36N2. The van der Waals surface area contributed by atoms with Crippen molar-refractivity contribution in [3.63, 3.8) is 0 Å². The van der Waals surface area contributed by atoms with Crippen molar-refractivity contribution in [2.75, 3.05) is 26.2 Å². The van der Waals surface area contributed by atoms with Gasteiger partial charge in [-0.05, 0) is 60.1 Å². The van der Waals surface area contributed by atoms with Gasteiger partial charge in [0.25, 0.3) is 0 Å². The van der Waals surface area contributed by atoms with Crippen LogP contribution in [-0.4, -0.2) is 26.2 Å². The van der Waals surface area contributed by atoms with E-state index in [9.17, 15) is 0 Å². The molecule has 0 saturated heterocycles. The predicted molar refractivity (Wildman–Crippen MR) is 119 cm³/mol. The minimum absolute atomic E-state index is 0.411. The highest BCUT2D eigenvalue weighted by Gasteiger charge is 2.53. The van der Waals surface area contributed by atoms with Crippen molar-refractivity contribution in [3.8, 4) is 0 Å². The molecule has 0 aromatic heterocycles. The zero-order valence-electron chi connectivity index (χ0n) is 17.5. The Kier molecular flexibility index (Phi) is 6.18. The second kappa shape index (κ2) is 8.80. The first kappa shape index (κ1) is 19.7. The molecule has 0 aliphatic heterocycles. The summed E-state index contributed by atoms with van der Waals surface area (Å²) in [5, 5.41) is 7.43. The van der Waals surface area contributed by atoms with Gasteiger partial charge < -0.3 is 10.6 Å². The van der Waals surface area contributed by atoms with E-state index in [0.717, 1.165) is 37.4 Å². The summed E-state index contributed by atoms with van der Waals surface area (Å²) in [6.07, 6.45) is 4.36. The van der Waals surface area contributed by atoms with Gasteiger partial charge in [0.1, 0.15) is 0 Å². The summed E-state index contributed by atoms with van der Waals surface area (Å²) >= 11 is 0. The van der Waals surface area contributed by atoms with Gasteiger partial charge in [0, 0.05) is 25.6 Å². The minimum atomic E-state index is 0.411. The molecule has 2 aromatic rings. The van der Waals surface area contributed by atoms with Crippen LogP contribution >= 0.6 is 0 Å². The maximum atomic E-state index is 3.74. The Hall–Kier alpha value is -1.64. The second-order valence-corrected chi connectivity index (χ2v) is 9.48. The first-order valence-electron chi connectivity index (χ1n) is 11.2. The molecule has 150 valence electrons. The fraction of sp³-hybridized carbons (Fsp3) is 0.538. The molecule has 3 atom stereocenters. The van der Waals surface area contributed by atoms with E-state index in [1.165, 1.54) is 36.9 Å². The Morgan fingerprint density at radius 3 is 2.04 bits per heavy atom. The van der Waals surface area contributed by atoms with Crippen LogP contribution in [0.25, 0.3) is 0 Å². The van der Waals surface area contributed by atoms with E-state index in [-0.39, 0.29) is 0 Å². The van der Waals surface area contributed by atoms with Gasteiger partial charge in [0.15, 0.2) is 0 Å². The van der Waals surface area contributed by atoms with Crippen molar-refractivity contribution < 1.29 is 0 Å². The van der Waals surface area contributed by atoms with Crippen molar-refractivity contribution in [3.05, 3.63) is 71.8 Å². The number of rotatable bonds is 9. The molecule has 0 radical (unpaired) electrons. The van der Waals surface area contributed by atoms with Crippen LogP contribution in [0, 0.1) is 23.2 Å². The molecule has 1 unspecified atom stereocenters. The third-order valence-electron chi connectivity index (χ3n) is 7.64. The van der Waals surface area contributed by atoms with Crippen LogP contribution in [0.2, 0.25) is 0 Å². The van der Waals surface area contributed by atoms with Crippen LogP contribution in [0.3, 0.4) is 0 Å². The molecule has 5 rings (SSSR count). The second-order valence-electron chi connectivity index (χ2n) is 9.48. The van der Waals surface area contributed by atoms with E-state index < -0.39 is 0 Å². The van der Waals surface area contributed by atoms with Crippen molar-refractivity contribution in [2.45, 2.75) is 39.0 Å². The van der Waals surface area contributed by atoms with E-state index in [0.29, 0.717) is 11.3 Å². The summed E-state index contributed by atoms with van der Waals surface area (Å²) < 4.78 is 0. The zero-order valence-corrected chi connectivity index (χ0v) is 17.5. The zero-order chi connectivity index (χ0) is 19.4. The highest BCUT2D eigenvalue weighted by molar-refractivity contribution is 5.32. The summed E-state index contributed by atoms with van der Waals surface area (Å²) in [6, 6.07) is 21.7. The number of hydrogen-bond acceptors (Lipinski definition) is 2. The van der Waals surface area contributed by atoms with E-state index in [1.54, 1.807) is 0 Å². The third kappa shape index (κ3) is 4.18. The predicted octanol–water partition coefficient (Wildman–Crippen LogP) is 5.07. The van der Waals surface area contributed by atoms with Gasteiger partial charge in [0.05, 0.1) is 0 Å². The average molecular weight is 377 g/mol. The van der Waals surface area contributed by atoms with Crippen LogP contribution in [0.1, 0.15) is 50.2 Å². The van der Waals surface area contributed by atoms with Gasteiger partial charge in [-0.2, -0.15) is 0 Å². The lowest BCUT2D eigenvalue weighted by Crippen LogP contribution is -2.54. The van der Waals surface area contributed by atoms with Crippen LogP contribution in [-0.2, 0) is 0 Å². The largest absolute Gasteiger partial charge is 0.315 e. The van der Waals surface area contributed by atoms with Crippen LogP contribution in [0.15, 0.2) is 60.7 Å². The lowest BCUT2D eigenvalue weighted by atomic mass is 9.45. The molecule has 28 heavy (non-hydrogen) atoms. The molecule has 2 aromatic carbocycles. The van der Waals surface area contributed by atoms with Crippen molar-refractivity contribution in [1.29, 1.82) is 0 Å². The van der Waals surface area contributed by atoms with Gasteiger partial charge in [-0.1, -0.05) is 74.5 Å². The molecule has 2 nitrogen and oxygen atoms in total. The molecule has 2 N–H and O–H groups in total. The number of fused-ring (bicyclic) bond motifs is 2. The van der Waals surface area contributed by atoms with E-state index in [4.69, 9.17) is 0 Å². The first-order valence-corrected chi connectivity index (χ1v) is 11.2. The maximum Gasteiger partial charge on any atom is 0.0214 e. The van der Waals surface area contributed by atoms with E-state index >= 15 is 0 Å². The lowest BCUT2D eigenvalue weighted by Gasteiger charge is -2.60. The van der Waals surface area contributed by atoms with Crippen LogP contribution in [0.5, 0.6) is 0 Å². The highest BCUT2D eigenvalue weighted by atomic mass is 14.9. The average Bonchev–Trinajstić information content (AvgIpc) is 2.74. The molecule has 3 saturated carbocycles. The third-order valence-corrected chi connectivity index (χ3v) is 7.64. The molecule has 2 bridgehead atoms. The van der Waals surface area contributed by atoms with Gasteiger partial charge in [0.2, 0.25) is 0 Å². The maximum absolute atomic E-state index is 3.74. The fourth-order valence-electron chi connectivity index (χ4n) is 5.72. The Bertz CT molecular complexity index is 683. The SMILES string of the molecule is CC1(C)[C@H]2CCC(CNCCNCC(c3ccccc3)c3ccccc3)[C@@H]1C2. The van der Waals surface area contributed by atoms with E-state index in [1.807, 2.05) is 0 Å². The van der Waals surface area contributed by atoms with Gasteiger partial charge >= 0.3 is 0 Å². The number of hydrogen-bond donors (Lipinski definition) is 2. The summed E-state index contributed by atoms with van der Waals surface area (Å²) in [5.41, 5.74) is 3.37. The molecule has 0 amide bonds. The van der Waals surface area contributed by atoms with Gasteiger partial charge in [-0.25, -0.2) is 0 Å². The first-order chi connectivity index (χ1) is 13.7. The Morgan fingerprint density at radius 2 is 1.46 bits per heavy atom. The highest BCUT2D eigenvalue weighted by Crippen LogP contribution is 2.61. The van der Waals surface area contributed by atoms with E-state index in [2.05, 4.69) is 85.1 Å². The molecule has 3 aliphatic carbocycles. The fourth-order valence-corrected chi connectivity index (χ4v) is 5.72. The Labute approximate surface area is 171 Å². The van der Waals surface area contributed by atoms with Gasteiger partial charge in [-0.15, -0.1) is 0 Å². The molecule has 0 heterocycles. The van der Waals surface area contributed by atoms with Crippen molar-refractivity contribution in [1.82, 2.24) is 10.6 Å².